The maximum atomic E-state index is 11.7. The quantitative estimate of drug-likeness (QED) is 0.885. The number of hydrogen-bond acceptors (Lipinski definition) is 3. The Morgan fingerprint density at radius 2 is 1.95 bits per heavy atom. The monoisotopic (exact) mass is 272 g/mol. The van der Waals surface area contributed by atoms with Crippen molar-refractivity contribution in [1.29, 1.82) is 0 Å². The van der Waals surface area contributed by atoms with E-state index in [1.54, 1.807) is 13.2 Å². The predicted octanol–water partition coefficient (Wildman–Crippen LogP) is 1.49. The lowest BCUT2D eigenvalue weighted by Crippen LogP contribution is -2.33. The molecule has 0 saturated carbocycles. The first kappa shape index (κ1) is 13.8. The summed E-state index contributed by atoms with van der Waals surface area (Å²) in [6.45, 7) is 1.46. The van der Waals surface area contributed by atoms with E-state index in [4.69, 9.17) is 0 Å². The second-order valence-corrected chi connectivity index (χ2v) is 4.47. The van der Waals surface area contributed by atoms with Crippen molar-refractivity contribution in [2.24, 2.45) is 0 Å². The molecule has 104 valence electrons. The van der Waals surface area contributed by atoms with Crippen molar-refractivity contribution in [2.45, 2.75) is 6.92 Å². The normalized spacial score (nSPS) is 10.1. The van der Waals surface area contributed by atoms with E-state index in [1.165, 1.54) is 11.8 Å². The molecule has 2 rings (SSSR count). The topological polar surface area (TPSA) is 78.1 Å². The molecular formula is C14H16N4O2. The zero-order valence-corrected chi connectivity index (χ0v) is 11.4. The van der Waals surface area contributed by atoms with Crippen LogP contribution in [0.5, 0.6) is 0 Å². The molecule has 0 aliphatic carbocycles. The van der Waals surface area contributed by atoms with Gasteiger partial charge in [-0.3, -0.25) is 14.7 Å². The zero-order chi connectivity index (χ0) is 14.5. The van der Waals surface area contributed by atoms with Gasteiger partial charge in [-0.15, -0.1) is 0 Å². The molecule has 0 unspecified atom stereocenters. The molecule has 0 bridgehead atoms. The van der Waals surface area contributed by atoms with Gasteiger partial charge in [0.15, 0.2) is 0 Å². The number of benzene rings is 1. The van der Waals surface area contributed by atoms with Gasteiger partial charge in [0, 0.05) is 25.9 Å². The number of nitrogens with one attached hydrogen (secondary N) is 2. The second kappa shape index (κ2) is 6.01. The molecule has 0 fully saturated rings. The van der Waals surface area contributed by atoms with Gasteiger partial charge in [0.2, 0.25) is 11.8 Å². The summed E-state index contributed by atoms with van der Waals surface area (Å²) in [4.78, 5) is 24.1. The van der Waals surface area contributed by atoms with Crippen LogP contribution in [0.25, 0.3) is 11.3 Å². The fourth-order valence-corrected chi connectivity index (χ4v) is 1.68. The van der Waals surface area contributed by atoms with E-state index in [9.17, 15) is 9.59 Å². The number of amides is 2. The highest BCUT2D eigenvalue weighted by atomic mass is 16.2. The number of aromatic nitrogens is 2. The molecule has 2 N–H and O–H groups in total. The number of carbonyl (C=O) groups excluding carboxylic acids is 2. The van der Waals surface area contributed by atoms with Crippen LogP contribution in [0, 0.1) is 0 Å². The van der Waals surface area contributed by atoms with Crippen molar-refractivity contribution in [2.75, 3.05) is 18.9 Å². The minimum Gasteiger partial charge on any atom is -0.337 e. The van der Waals surface area contributed by atoms with Crippen molar-refractivity contribution >= 4 is 17.5 Å². The van der Waals surface area contributed by atoms with Crippen LogP contribution in [0.15, 0.2) is 36.5 Å². The molecule has 20 heavy (non-hydrogen) atoms. The molecule has 1 aromatic heterocycles. The van der Waals surface area contributed by atoms with Crippen LogP contribution in [-0.2, 0) is 9.59 Å². The third-order valence-corrected chi connectivity index (χ3v) is 2.90. The molecule has 1 heterocycles. The molecular weight excluding hydrogens is 256 g/mol. The Labute approximate surface area is 116 Å². The molecule has 2 amide bonds. The lowest BCUT2D eigenvalue weighted by Gasteiger charge is -2.14. The van der Waals surface area contributed by atoms with E-state index in [1.807, 2.05) is 30.3 Å². The second-order valence-electron chi connectivity index (χ2n) is 4.47. The summed E-state index contributed by atoms with van der Waals surface area (Å²) in [6.07, 6.45) is 1.68. The third-order valence-electron chi connectivity index (χ3n) is 2.90. The van der Waals surface area contributed by atoms with Gasteiger partial charge in [-0.2, -0.15) is 5.10 Å². The lowest BCUT2D eigenvalue weighted by atomic mass is 10.1. The maximum Gasteiger partial charge on any atom is 0.243 e. The maximum absolute atomic E-state index is 11.7. The van der Waals surface area contributed by atoms with Crippen LogP contribution in [0.3, 0.4) is 0 Å². The fraction of sp³-hybridized carbons (Fsp3) is 0.214. The Hall–Kier alpha value is -2.63. The van der Waals surface area contributed by atoms with Crippen LogP contribution in [0.4, 0.5) is 5.69 Å². The summed E-state index contributed by atoms with van der Waals surface area (Å²) >= 11 is 0. The molecule has 0 atom stereocenters. The first-order valence-corrected chi connectivity index (χ1v) is 6.17. The molecule has 0 saturated heterocycles. The smallest absolute Gasteiger partial charge is 0.243 e. The Balaban J connectivity index is 1.97. The van der Waals surface area contributed by atoms with Crippen molar-refractivity contribution in [3.63, 3.8) is 0 Å². The number of hydrogen-bond donors (Lipinski definition) is 2. The Morgan fingerprint density at radius 1 is 1.25 bits per heavy atom. The van der Waals surface area contributed by atoms with Crippen LogP contribution < -0.4 is 5.32 Å². The van der Waals surface area contributed by atoms with Crippen molar-refractivity contribution in [3.8, 4) is 11.3 Å². The third kappa shape index (κ3) is 3.44. The highest BCUT2D eigenvalue weighted by molar-refractivity contribution is 5.94. The SMILES string of the molecule is CC(=O)N(C)CC(=O)Nc1ccc(-c2ccn[nH]2)cc1. The molecule has 6 heteroatoms. The van der Waals surface area contributed by atoms with Gasteiger partial charge in [-0.1, -0.05) is 12.1 Å². The average molecular weight is 272 g/mol. The molecule has 0 aliphatic heterocycles. The number of aromatic amines is 1. The van der Waals surface area contributed by atoms with Crippen molar-refractivity contribution < 1.29 is 9.59 Å². The number of nitrogens with zero attached hydrogens (tertiary/aromatic N) is 2. The largest absolute Gasteiger partial charge is 0.337 e. The molecule has 0 spiro atoms. The first-order chi connectivity index (χ1) is 9.56. The Bertz CT molecular complexity index is 590. The number of likely N-dealkylation sites (N-methyl/N-ethyl adjacent to an activating group) is 1. The summed E-state index contributed by atoms with van der Waals surface area (Å²) in [6, 6.07) is 9.26. The molecule has 2 aromatic rings. The molecule has 0 aliphatic rings. The fourth-order valence-electron chi connectivity index (χ4n) is 1.68. The zero-order valence-electron chi connectivity index (χ0n) is 11.4. The number of carbonyl (C=O) groups is 2. The van der Waals surface area contributed by atoms with Gasteiger partial charge in [-0.25, -0.2) is 0 Å². The summed E-state index contributed by atoms with van der Waals surface area (Å²) in [5.41, 5.74) is 2.59. The summed E-state index contributed by atoms with van der Waals surface area (Å²) in [7, 11) is 1.59. The summed E-state index contributed by atoms with van der Waals surface area (Å²) in [5, 5.41) is 9.50. The van der Waals surface area contributed by atoms with Gasteiger partial charge in [0.25, 0.3) is 0 Å². The highest BCUT2D eigenvalue weighted by Gasteiger charge is 2.09. The Kier molecular flexibility index (Phi) is 4.14. The number of rotatable bonds is 4. The van der Waals surface area contributed by atoms with E-state index in [2.05, 4.69) is 15.5 Å². The molecule has 1 aromatic carbocycles. The summed E-state index contributed by atoms with van der Waals surface area (Å²) in [5.74, 6) is -0.369. The molecule has 6 nitrogen and oxygen atoms in total. The number of anilines is 1. The average Bonchev–Trinajstić information content (AvgIpc) is 2.93. The first-order valence-electron chi connectivity index (χ1n) is 6.17. The van der Waals surface area contributed by atoms with Gasteiger partial charge < -0.3 is 10.2 Å². The van der Waals surface area contributed by atoms with E-state index in [0.717, 1.165) is 11.3 Å². The predicted molar refractivity (Wildman–Crippen MR) is 76.0 cm³/mol. The molecule has 0 radical (unpaired) electrons. The van der Waals surface area contributed by atoms with Crippen LogP contribution in [-0.4, -0.2) is 40.5 Å². The van der Waals surface area contributed by atoms with Gasteiger partial charge >= 0.3 is 0 Å². The van der Waals surface area contributed by atoms with Gasteiger partial charge in [0.1, 0.15) is 0 Å². The van der Waals surface area contributed by atoms with E-state index >= 15 is 0 Å². The van der Waals surface area contributed by atoms with Gasteiger partial charge in [0.05, 0.1) is 12.2 Å². The minimum absolute atomic E-state index is 0.0393. The minimum atomic E-state index is -0.225. The van der Waals surface area contributed by atoms with Crippen LogP contribution in [0.2, 0.25) is 0 Å². The van der Waals surface area contributed by atoms with Crippen molar-refractivity contribution in [1.82, 2.24) is 15.1 Å². The van der Waals surface area contributed by atoms with Crippen LogP contribution in [0.1, 0.15) is 6.92 Å². The number of H-pyrrole nitrogens is 1. The Morgan fingerprint density at radius 3 is 2.50 bits per heavy atom. The van der Waals surface area contributed by atoms with E-state index in [0.29, 0.717) is 5.69 Å². The van der Waals surface area contributed by atoms with E-state index < -0.39 is 0 Å². The van der Waals surface area contributed by atoms with Crippen molar-refractivity contribution in [3.05, 3.63) is 36.5 Å². The standard InChI is InChI=1S/C14H16N4O2/c1-10(19)18(2)9-14(20)16-12-5-3-11(4-6-12)13-7-8-15-17-13/h3-8H,9H2,1-2H3,(H,15,17)(H,16,20). The van der Waals surface area contributed by atoms with Crippen LogP contribution >= 0.6 is 0 Å². The lowest BCUT2D eigenvalue weighted by molar-refractivity contribution is -0.131. The summed E-state index contributed by atoms with van der Waals surface area (Å²) < 4.78 is 0. The van der Waals surface area contributed by atoms with E-state index in [-0.39, 0.29) is 18.4 Å². The highest BCUT2D eigenvalue weighted by Crippen LogP contribution is 2.18. The van der Waals surface area contributed by atoms with Gasteiger partial charge in [-0.05, 0) is 23.8 Å².